The molecule has 15 heteroatoms. The standard InChI is InChI=1S/C23H21N5O9S/c24-23(36)37-8-11-9-38-21-16(20(33)28(21)17(11)22(34)35)27-19(32)15(10-1-3-12(29)4-2-10)26-18(31)13-7-25-6-5-14(13)30/h1-7,15-16,21,29H,8-9H2,(H2,24,36)(H,25,30)(H,26,31)(H,27,32)(H,34,35)/t15?,16?,21-/m0/s1. The molecule has 14 nitrogen and oxygen atoms in total. The minimum absolute atomic E-state index is 0.0864. The van der Waals surface area contributed by atoms with Gasteiger partial charge in [0.05, 0.1) is 5.56 Å². The highest BCUT2D eigenvalue weighted by Gasteiger charge is 2.54. The van der Waals surface area contributed by atoms with Crippen LogP contribution in [0.25, 0.3) is 0 Å². The van der Waals surface area contributed by atoms with Crippen LogP contribution in [0.3, 0.4) is 0 Å². The number of carboxylic acid groups (broad SMARTS) is 1. The number of aliphatic carboxylic acids is 1. The average Bonchev–Trinajstić information content (AvgIpc) is 2.88. The monoisotopic (exact) mass is 543 g/mol. The van der Waals surface area contributed by atoms with Crippen molar-refractivity contribution in [2.24, 2.45) is 5.73 Å². The van der Waals surface area contributed by atoms with Crippen LogP contribution >= 0.6 is 11.8 Å². The Kier molecular flexibility index (Phi) is 7.38. The molecule has 7 N–H and O–H groups in total. The molecule has 1 aromatic carbocycles. The van der Waals surface area contributed by atoms with Gasteiger partial charge in [0.15, 0.2) is 0 Å². The number of pyridine rings is 1. The van der Waals surface area contributed by atoms with E-state index < -0.39 is 53.8 Å². The molecule has 198 valence electrons. The lowest BCUT2D eigenvalue weighted by Gasteiger charge is -2.49. The largest absolute Gasteiger partial charge is 0.508 e. The lowest BCUT2D eigenvalue weighted by Crippen LogP contribution is -2.71. The quantitative estimate of drug-likeness (QED) is 0.239. The molecule has 0 saturated carbocycles. The second-order valence-electron chi connectivity index (χ2n) is 8.15. The van der Waals surface area contributed by atoms with Gasteiger partial charge in [-0.1, -0.05) is 12.1 Å². The number of nitrogens with two attached hydrogens (primary N) is 1. The van der Waals surface area contributed by atoms with Gasteiger partial charge in [-0.05, 0) is 23.8 Å². The minimum atomic E-state index is -1.41. The van der Waals surface area contributed by atoms with Crippen LogP contribution in [0.4, 0.5) is 4.79 Å². The van der Waals surface area contributed by atoms with Gasteiger partial charge >= 0.3 is 12.1 Å². The van der Waals surface area contributed by atoms with Crippen LogP contribution in [0.15, 0.2) is 54.0 Å². The molecule has 0 spiro atoms. The number of primary amides is 1. The highest BCUT2D eigenvalue weighted by Crippen LogP contribution is 2.40. The Morgan fingerprint density at radius 3 is 2.53 bits per heavy atom. The van der Waals surface area contributed by atoms with Gasteiger partial charge in [-0.15, -0.1) is 11.8 Å². The molecule has 2 aromatic rings. The summed E-state index contributed by atoms with van der Waals surface area (Å²) in [7, 11) is 0. The van der Waals surface area contributed by atoms with Gasteiger partial charge in [0, 0.05) is 23.7 Å². The molecular formula is C23H21N5O9S. The number of aromatic hydroxyl groups is 2. The maximum Gasteiger partial charge on any atom is 0.404 e. The second kappa shape index (κ2) is 10.7. The Morgan fingerprint density at radius 2 is 1.89 bits per heavy atom. The molecule has 2 aliphatic heterocycles. The van der Waals surface area contributed by atoms with Crippen LogP contribution in [0.2, 0.25) is 0 Å². The van der Waals surface area contributed by atoms with Gasteiger partial charge in [0.25, 0.3) is 11.8 Å². The van der Waals surface area contributed by atoms with E-state index in [1.807, 2.05) is 0 Å². The van der Waals surface area contributed by atoms with Crippen molar-refractivity contribution in [3.8, 4) is 11.5 Å². The topological polar surface area (TPSA) is 221 Å². The molecule has 2 aliphatic rings. The minimum Gasteiger partial charge on any atom is -0.508 e. The first kappa shape index (κ1) is 26.3. The molecule has 4 amide bonds. The smallest absolute Gasteiger partial charge is 0.404 e. The van der Waals surface area contributed by atoms with Gasteiger partial charge in [-0.2, -0.15) is 0 Å². The third-order valence-electron chi connectivity index (χ3n) is 5.74. The maximum absolute atomic E-state index is 13.3. The molecule has 2 unspecified atom stereocenters. The Hall–Kier alpha value is -4.79. The molecule has 3 atom stereocenters. The second-order valence-corrected chi connectivity index (χ2v) is 9.26. The number of ether oxygens (including phenoxy) is 1. The summed E-state index contributed by atoms with van der Waals surface area (Å²) in [6.07, 6.45) is 1.29. The Morgan fingerprint density at radius 1 is 1.18 bits per heavy atom. The van der Waals surface area contributed by atoms with E-state index >= 15 is 0 Å². The number of β-lactam (4-membered cyclic amide) rings is 1. The molecule has 0 bridgehead atoms. The number of benzene rings is 1. The number of nitrogens with one attached hydrogen (secondary N) is 2. The normalized spacial score (nSPS) is 19.1. The first-order valence-electron chi connectivity index (χ1n) is 10.9. The van der Waals surface area contributed by atoms with Crippen molar-refractivity contribution < 1.29 is 44.0 Å². The van der Waals surface area contributed by atoms with Crippen molar-refractivity contribution in [3.05, 3.63) is 65.1 Å². The third kappa shape index (κ3) is 5.17. The zero-order chi connectivity index (χ0) is 27.6. The fraction of sp³-hybridized carbons (Fsp3) is 0.217. The molecule has 1 aromatic heterocycles. The van der Waals surface area contributed by atoms with Crippen LogP contribution in [-0.4, -0.2) is 78.8 Å². The maximum atomic E-state index is 13.3. The Bertz CT molecular complexity index is 1350. The van der Waals surface area contributed by atoms with Crippen molar-refractivity contribution in [2.45, 2.75) is 17.5 Å². The van der Waals surface area contributed by atoms with Gasteiger partial charge < -0.3 is 36.4 Å². The molecular weight excluding hydrogens is 522 g/mol. The summed E-state index contributed by atoms with van der Waals surface area (Å²) in [4.78, 5) is 66.6. The van der Waals surface area contributed by atoms with Gasteiger partial charge in [-0.3, -0.25) is 24.3 Å². The number of carbonyl (C=O) groups excluding carboxylic acids is 4. The van der Waals surface area contributed by atoms with Crippen molar-refractivity contribution in [1.29, 1.82) is 0 Å². The number of hydrogen-bond acceptors (Lipinski definition) is 10. The predicted octanol–water partition coefficient (Wildman–Crippen LogP) is -0.202. The number of carboxylic acids is 1. The molecule has 0 aliphatic carbocycles. The zero-order valence-electron chi connectivity index (χ0n) is 19.4. The number of nitrogens with zero attached hydrogens (tertiary/aromatic N) is 2. The first-order valence-corrected chi connectivity index (χ1v) is 12.0. The number of rotatable bonds is 8. The number of aromatic nitrogens is 1. The number of phenolic OH excluding ortho intramolecular Hbond substituents is 1. The number of amides is 4. The highest BCUT2D eigenvalue weighted by molar-refractivity contribution is 8.00. The van der Waals surface area contributed by atoms with E-state index in [9.17, 15) is 39.3 Å². The molecule has 1 fully saturated rings. The summed E-state index contributed by atoms with van der Waals surface area (Å²) in [6.45, 7) is -0.409. The van der Waals surface area contributed by atoms with Crippen LogP contribution in [0.5, 0.6) is 11.5 Å². The number of fused-ring (bicyclic) bond motifs is 1. The van der Waals surface area contributed by atoms with E-state index in [0.717, 1.165) is 22.9 Å². The summed E-state index contributed by atoms with van der Waals surface area (Å²) in [5.74, 6) is -4.12. The fourth-order valence-electron chi connectivity index (χ4n) is 3.93. The lowest BCUT2D eigenvalue weighted by molar-refractivity contribution is -0.151. The molecule has 1 saturated heterocycles. The zero-order valence-corrected chi connectivity index (χ0v) is 20.2. The van der Waals surface area contributed by atoms with Crippen LogP contribution in [-0.2, 0) is 19.1 Å². The molecule has 38 heavy (non-hydrogen) atoms. The van der Waals surface area contributed by atoms with Gasteiger partial charge in [0.2, 0.25) is 5.91 Å². The first-order chi connectivity index (χ1) is 18.1. The van der Waals surface area contributed by atoms with Crippen molar-refractivity contribution in [2.75, 3.05) is 12.4 Å². The summed E-state index contributed by atoms with van der Waals surface area (Å²) in [5.41, 5.74) is 4.82. The van der Waals surface area contributed by atoms with E-state index in [4.69, 9.17) is 5.73 Å². The number of thioether (sulfide) groups is 1. The summed E-state index contributed by atoms with van der Waals surface area (Å²) in [5, 5.41) is 33.5. The Balaban J connectivity index is 1.55. The molecule has 3 heterocycles. The van der Waals surface area contributed by atoms with Crippen molar-refractivity contribution in [3.63, 3.8) is 0 Å². The van der Waals surface area contributed by atoms with Crippen LogP contribution in [0.1, 0.15) is 22.0 Å². The lowest BCUT2D eigenvalue weighted by atomic mass is 10.0. The third-order valence-corrected chi connectivity index (χ3v) is 7.08. The van der Waals surface area contributed by atoms with Crippen LogP contribution < -0.4 is 16.4 Å². The fourth-order valence-corrected chi connectivity index (χ4v) is 5.25. The molecule has 0 radical (unpaired) electrons. The number of carbonyl (C=O) groups is 5. The Labute approximate surface area is 218 Å². The average molecular weight is 544 g/mol. The van der Waals surface area contributed by atoms with E-state index in [0.29, 0.717) is 0 Å². The van der Waals surface area contributed by atoms with E-state index in [2.05, 4.69) is 20.4 Å². The van der Waals surface area contributed by atoms with Crippen LogP contribution in [0, 0.1) is 0 Å². The summed E-state index contributed by atoms with van der Waals surface area (Å²) < 4.78 is 4.68. The van der Waals surface area contributed by atoms with E-state index in [1.54, 1.807) is 0 Å². The van der Waals surface area contributed by atoms with E-state index in [1.165, 1.54) is 36.5 Å². The predicted molar refractivity (Wildman–Crippen MR) is 129 cm³/mol. The SMILES string of the molecule is NC(=O)OCC1=C(C(=O)O)N2C(=O)C(NC(=O)C(NC(=O)c3cnccc3O)c3ccc(O)cc3)[C@@H]2SC1. The van der Waals surface area contributed by atoms with Crippen molar-refractivity contribution >= 4 is 41.5 Å². The molecule has 4 rings (SSSR count). The van der Waals surface area contributed by atoms with Crippen molar-refractivity contribution in [1.82, 2.24) is 20.5 Å². The van der Waals surface area contributed by atoms with Gasteiger partial charge in [-0.25, -0.2) is 9.59 Å². The summed E-state index contributed by atoms with van der Waals surface area (Å²) in [6, 6.07) is 4.11. The highest BCUT2D eigenvalue weighted by atomic mass is 32.2. The van der Waals surface area contributed by atoms with E-state index in [-0.39, 0.29) is 39.6 Å². The number of phenols is 1. The van der Waals surface area contributed by atoms with Gasteiger partial charge in [0.1, 0.15) is 41.3 Å². The number of hydrogen-bond donors (Lipinski definition) is 6. The summed E-state index contributed by atoms with van der Waals surface area (Å²) >= 11 is 1.15.